The standard InChI is InChI=1S/C33H38N10O3/c1-22-8-9-25(39-31(44)23-6-5-7-24(16-23)33(2,3)20-34)17-26(22)40-30-18-27(32(45)35-4)41-43(30)29-19-28(37-21-38-29)36-10-11-42-12-14-46-15-13-42/h5-9,16-19,21,40H,10-15H2,1-4H3,(H,35,45)(H,39,44)(H,36,37,38). The molecule has 5 rings (SSSR count). The number of carbonyl (C=O) groups is 2. The molecule has 2 aromatic carbocycles. The lowest BCUT2D eigenvalue weighted by Crippen LogP contribution is -2.39. The van der Waals surface area contributed by atoms with Crippen LogP contribution in [0.4, 0.5) is 23.0 Å². The number of nitrogens with one attached hydrogen (secondary N) is 4. The van der Waals surface area contributed by atoms with Gasteiger partial charge in [0.1, 0.15) is 18.0 Å². The Morgan fingerprint density at radius 3 is 2.61 bits per heavy atom. The van der Waals surface area contributed by atoms with Crippen LogP contribution in [-0.4, -0.2) is 82.9 Å². The Bertz CT molecular complexity index is 1750. The Morgan fingerprint density at radius 1 is 1.04 bits per heavy atom. The van der Waals surface area contributed by atoms with E-state index in [-0.39, 0.29) is 17.5 Å². The van der Waals surface area contributed by atoms with Crippen LogP contribution in [0.15, 0.2) is 60.9 Å². The van der Waals surface area contributed by atoms with Crippen molar-refractivity contribution in [2.45, 2.75) is 26.2 Å². The molecule has 1 fully saturated rings. The van der Waals surface area contributed by atoms with Crippen molar-refractivity contribution < 1.29 is 14.3 Å². The smallest absolute Gasteiger partial charge is 0.271 e. The first-order chi connectivity index (χ1) is 22.2. The van der Waals surface area contributed by atoms with Crippen LogP contribution in [0.25, 0.3) is 5.82 Å². The van der Waals surface area contributed by atoms with Gasteiger partial charge in [-0.25, -0.2) is 9.97 Å². The molecule has 0 bridgehead atoms. The number of aryl methyl sites for hydroxylation is 1. The maximum absolute atomic E-state index is 13.2. The fourth-order valence-corrected chi connectivity index (χ4v) is 4.90. The summed E-state index contributed by atoms with van der Waals surface area (Å²) in [5.41, 5.74) is 2.84. The zero-order chi connectivity index (χ0) is 32.7. The Balaban J connectivity index is 1.36. The molecule has 0 aliphatic carbocycles. The highest BCUT2D eigenvalue weighted by Gasteiger charge is 2.21. The minimum Gasteiger partial charge on any atom is -0.379 e. The van der Waals surface area contributed by atoms with E-state index >= 15 is 0 Å². The molecule has 0 spiro atoms. The molecular formula is C33H38N10O3. The predicted molar refractivity (Wildman–Crippen MR) is 176 cm³/mol. The van der Waals surface area contributed by atoms with Gasteiger partial charge in [0.15, 0.2) is 11.5 Å². The average Bonchev–Trinajstić information content (AvgIpc) is 3.50. The Kier molecular flexibility index (Phi) is 9.90. The van der Waals surface area contributed by atoms with E-state index in [0.717, 1.165) is 44.0 Å². The number of morpholine rings is 1. The summed E-state index contributed by atoms with van der Waals surface area (Å²) in [5.74, 6) is 0.939. The minimum absolute atomic E-state index is 0.202. The van der Waals surface area contributed by atoms with Crippen LogP contribution in [0, 0.1) is 18.3 Å². The molecule has 1 aliphatic heterocycles. The Morgan fingerprint density at radius 2 is 1.85 bits per heavy atom. The molecule has 0 atom stereocenters. The topological polar surface area (TPSA) is 162 Å². The number of nitriles is 1. The summed E-state index contributed by atoms with van der Waals surface area (Å²) < 4.78 is 6.97. The van der Waals surface area contributed by atoms with Gasteiger partial charge in [-0.3, -0.25) is 14.5 Å². The second-order valence-corrected chi connectivity index (χ2v) is 11.5. The van der Waals surface area contributed by atoms with Crippen LogP contribution in [0.2, 0.25) is 0 Å². The van der Waals surface area contributed by atoms with Crippen molar-refractivity contribution in [3.8, 4) is 11.9 Å². The first-order valence-electron chi connectivity index (χ1n) is 15.1. The van der Waals surface area contributed by atoms with Gasteiger partial charge in [0, 0.05) is 62.3 Å². The van der Waals surface area contributed by atoms with Crippen molar-refractivity contribution in [2.75, 3.05) is 62.4 Å². The largest absolute Gasteiger partial charge is 0.379 e. The van der Waals surface area contributed by atoms with E-state index in [1.807, 2.05) is 45.0 Å². The summed E-state index contributed by atoms with van der Waals surface area (Å²) in [6, 6.07) is 18.3. The summed E-state index contributed by atoms with van der Waals surface area (Å²) in [7, 11) is 1.54. The van der Waals surface area contributed by atoms with Crippen LogP contribution < -0.4 is 21.3 Å². The number of rotatable bonds is 11. The monoisotopic (exact) mass is 622 g/mol. The van der Waals surface area contributed by atoms with Gasteiger partial charge < -0.3 is 26.0 Å². The maximum atomic E-state index is 13.2. The first-order valence-corrected chi connectivity index (χ1v) is 15.1. The highest BCUT2D eigenvalue weighted by Crippen LogP contribution is 2.28. The zero-order valence-corrected chi connectivity index (χ0v) is 26.4. The van der Waals surface area contributed by atoms with Crippen LogP contribution in [0.1, 0.15) is 45.8 Å². The van der Waals surface area contributed by atoms with Gasteiger partial charge in [-0.1, -0.05) is 18.2 Å². The van der Waals surface area contributed by atoms with Crippen molar-refractivity contribution in [3.05, 3.63) is 83.3 Å². The van der Waals surface area contributed by atoms with Gasteiger partial charge in [0.25, 0.3) is 11.8 Å². The van der Waals surface area contributed by atoms with E-state index in [1.165, 1.54) is 6.33 Å². The highest BCUT2D eigenvalue weighted by atomic mass is 16.5. The number of hydrogen-bond donors (Lipinski definition) is 4. The van der Waals surface area contributed by atoms with Gasteiger partial charge >= 0.3 is 0 Å². The van der Waals surface area contributed by atoms with E-state index in [0.29, 0.717) is 40.9 Å². The van der Waals surface area contributed by atoms with Crippen LogP contribution >= 0.6 is 0 Å². The predicted octanol–water partition coefficient (Wildman–Crippen LogP) is 3.87. The van der Waals surface area contributed by atoms with Crippen LogP contribution in [0.5, 0.6) is 0 Å². The third-order valence-electron chi connectivity index (χ3n) is 7.76. The minimum atomic E-state index is -0.725. The average molecular weight is 623 g/mol. The summed E-state index contributed by atoms with van der Waals surface area (Å²) >= 11 is 0. The van der Waals surface area contributed by atoms with Crippen molar-refractivity contribution >= 4 is 34.8 Å². The molecule has 238 valence electrons. The van der Waals surface area contributed by atoms with Gasteiger partial charge in [0.2, 0.25) is 0 Å². The summed E-state index contributed by atoms with van der Waals surface area (Å²) in [6.45, 7) is 10.4. The molecule has 3 heterocycles. The van der Waals surface area contributed by atoms with Crippen molar-refractivity contribution in [2.24, 2.45) is 0 Å². The van der Waals surface area contributed by atoms with Gasteiger partial charge in [0.05, 0.1) is 24.7 Å². The first kappa shape index (κ1) is 32.1. The summed E-state index contributed by atoms with van der Waals surface area (Å²) in [6.07, 6.45) is 1.45. The second-order valence-electron chi connectivity index (χ2n) is 11.5. The SMILES string of the molecule is CNC(=O)c1cc(Nc2cc(NC(=O)c3cccc(C(C)(C)C#N)c3)ccc2C)n(-c2cc(NCCN3CCOCC3)ncn2)n1. The van der Waals surface area contributed by atoms with E-state index in [2.05, 4.69) is 47.3 Å². The van der Waals surface area contributed by atoms with E-state index in [1.54, 1.807) is 42.1 Å². The highest BCUT2D eigenvalue weighted by molar-refractivity contribution is 6.04. The molecule has 13 heteroatoms. The molecule has 1 saturated heterocycles. The maximum Gasteiger partial charge on any atom is 0.271 e. The second kappa shape index (κ2) is 14.2. The Labute approximate surface area is 268 Å². The molecule has 4 aromatic rings. The molecule has 46 heavy (non-hydrogen) atoms. The van der Waals surface area contributed by atoms with Gasteiger partial charge in [-0.05, 0) is 56.2 Å². The van der Waals surface area contributed by atoms with Crippen LogP contribution in [0.3, 0.4) is 0 Å². The fraction of sp³-hybridized carbons (Fsp3) is 0.333. The third-order valence-corrected chi connectivity index (χ3v) is 7.76. The number of carbonyl (C=O) groups excluding carboxylic acids is 2. The van der Waals surface area contributed by atoms with Gasteiger partial charge in [-0.15, -0.1) is 0 Å². The quantitative estimate of drug-likeness (QED) is 0.193. The van der Waals surface area contributed by atoms with Crippen molar-refractivity contribution in [1.29, 1.82) is 5.26 Å². The molecular weight excluding hydrogens is 584 g/mol. The molecule has 4 N–H and O–H groups in total. The number of hydrogen-bond acceptors (Lipinski definition) is 10. The number of amides is 2. The third kappa shape index (κ3) is 7.66. The summed E-state index contributed by atoms with van der Waals surface area (Å²) in [4.78, 5) is 36.9. The van der Waals surface area contributed by atoms with Crippen molar-refractivity contribution in [3.63, 3.8) is 0 Å². The number of aromatic nitrogens is 4. The molecule has 13 nitrogen and oxygen atoms in total. The number of nitrogens with zero attached hydrogens (tertiary/aromatic N) is 6. The van der Waals surface area contributed by atoms with E-state index in [4.69, 9.17) is 4.74 Å². The molecule has 0 radical (unpaired) electrons. The molecule has 0 saturated carbocycles. The molecule has 1 aliphatic rings. The van der Waals surface area contributed by atoms with Crippen molar-refractivity contribution in [1.82, 2.24) is 30.0 Å². The number of benzene rings is 2. The number of anilines is 4. The Hall–Kier alpha value is -5.32. The lowest BCUT2D eigenvalue weighted by molar-refractivity contribution is 0.0398. The molecule has 0 unspecified atom stereocenters. The fourth-order valence-electron chi connectivity index (χ4n) is 4.90. The summed E-state index contributed by atoms with van der Waals surface area (Å²) in [5, 5.41) is 26.3. The number of ether oxygens (including phenoxy) is 1. The van der Waals surface area contributed by atoms with E-state index in [9.17, 15) is 14.9 Å². The zero-order valence-electron chi connectivity index (χ0n) is 26.4. The normalized spacial score (nSPS) is 13.5. The lowest BCUT2D eigenvalue weighted by atomic mass is 9.85. The molecule has 2 aromatic heterocycles. The van der Waals surface area contributed by atoms with Crippen LogP contribution in [-0.2, 0) is 10.2 Å². The molecule has 2 amide bonds. The van der Waals surface area contributed by atoms with E-state index < -0.39 is 5.41 Å². The van der Waals surface area contributed by atoms with Gasteiger partial charge in [-0.2, -0.15) is 15.0 Å². The lowest BCUT2D eigenvalue weighted by Gasteiger charge is -2.26.